The molecule has 0 aromatic carbocycles. The van der Waals surface area contributed by atoms with Gasteiger partial charge in [0.15, 0.2) is 0 Å². The van der Waals surface area contributed by atoms with Crippen LogP contribution in [0.25, 0.3) is 0 Å². The molecule has 0 saturated heterocycles. The van der Waals surface area contributed by atoms with Crippen molar-refractivity contribution >= 4 is 12.0 Å². The van der Waals surface area contributed by atoms with Gasteiger partial charge in [0.2, 0.25) is 0 Å². The van der Waals surface area contributed by atoms with Crippen LogP contribution in [0.2, 0.25) is 0 Å². The number of carboxylic acid groups (broad SMARTS) is 1. The first-order valence-electron chi connectivity index (χ1n) is 7.61. The highest BCUT2D eigenvalue weighted by Gasteiger charge is 2.39. The molecule has 1 rings (SSSR count). The van der Waals surface area contributed by atoms with Crippen LogP contribution in [0.5, 0.6) is 0 Å². The standard InChI is InChI=1S/C15H28N2O3/c1-4-8-14(2,3)17-13(20)16-11-15(12(18)19)9-6-5-7-10-15/h4-11H2,1-3H3,(H,18,19)(H2,16,17,20). The largest absolute Gasteiger partial charge is 0.481 e. The van der Waals surface area contributed by atoms with Gasteiger partial charge in [-0.25, -0.2) is 4.79 Å². The van der Waals surface area contributed by atoms with Crippen molar-refractivity contribution in [3.8, 4) is 0 Å². The van der Waals surface area contributed by atoms with E-state index in [4.69, 9.17) is 0 Å². The normalized spacial score (nSPS) is 18.4. The number of rotatable bonds is 6. The van der Waals surface area contributed by atoms with E-state index in [2.05, 4.69) is 17.6 Å². The third kappa shape index (κ3) is 4.69. The van der Waals surface area contributed by atoms with Crippen LogP contribution in [0.15, 0.2) is 0 Å². The minimum absolute atomic E-state index is 0.219. The Morgan fingerprint density at radius 3 is 2.30 bits per heavy atom. The molecule has 0 heterocycles. The summed E-state index contributed by atoms with van der Waals surface area (Å²) in [6.07, 6.45) is 6.14. The maximum absolute atomic E-state index is 11.9. The zero-order valence-electron chi connectivity index (χ0n) is 12.9. The maximum atomic E-state index is 11.9. The lowest BCUT2D eigenvalue weighted by atomic mass is 9.74. The first kappa shape index (κ1) is 16.8. The van der Waals surface area contributed by atoms with E-state index in [1.807, 2.05) is 13.8 Å². The van der Waals surface area contributed by atoms with Crippen molar-refractivity contribution in [1.29, 1.82) is 0 Å². The van der Waals surface area contributed by atoms with Crippen LogP contribution in [0.1, 0.15) is 65.7 Å². The van der Waals surface area contributed by atoms with Gasteiger partial charge < -0.3 is 15.7 Å². The van der Waals surface area contributed by atoms with Gasteiger partial charge in [0.05, 0.1) is 5.41 Å². The molecule has 5 nitrogen and oxygen atoms in total. The zero-order chi connectivity index (χ0) is 15.2. The van der Waals surface area contributed by atoms with Gasteiger partial charge >= 0.3 is 12.0 Å². The van der Waals surface area contributed by atoms with Crippen molar-refractivity contribution in [3.63, 3.8) is 0 Å². The van der Waals surface area contributed by atoms with E-state index in [1.165, 1.54) is 0 Å². The summed E-state index contributed by atoms with van der Waals surface area (Å²) in [7, 11) is 0. The maximum Gasteiger partial charge on any atom is 0.315 e. The first-order chi connectivity index (χ1) is 9.31. The Morgan fingerprint density at radius 1 is 1.20 bits per heavy atom. The van der Waals surface area contributed by atoms with Crippen molar-refractivity contribution in [2.45, 2.75) is 71.3 Å². The van der Waals surface area contributed by atoms with E-state index in [-0.39, 0.29) is 18.1 Å². The molecule has 0 unspecified atom stereocenters. The first-order valence-corrected chi connectivity index (χ1v) is 7.61. The Kier molecular flexibility index (Phi) is 5.84. The van der Waals surface area contributed by atoms with Gasteiger partial charge in [-0.15, -0.1) is 0 Å². The van der Waals surface area contributed by atoms with Crippen molar-refractivity contribution < 1.29 is 14.7 Å². The van der Waals surface area contributed by atoms with Crippen LogP contribution >= 0.6 is 0 Å². The fourth-order valence-electron chi connectivity index (χ4n) is 2.98. The zero-order valence-corrected chi connectivity index (χ0v) is 12.9. The summed E-state index contributed by atoms with van der Waals surface area (Å²) >= 11 is 0. The summed E-state index contributed by atoms with van der Waals surface area (Å²) in [6.45, 7) is 6.24. The number of carboxylic acids is 1. The number of urea groups is 1. The molecule has 0 aromatic heterocycles. The molecule has 0 spiro atoms. The van der Waals surface area contributed by atoms with E-state index in [0.29, 0.717) is 12.8 Å². The molecule has 3 N–H and O–H groups in total. The lowest BCUT2D eigenvalue weighted by Crippen LogP contribution is -2.52. The fourth-order valence-corrected chi connectivity index (χ4v) is 2.98. The highest BCUT2D eigenvalue weighted by atomic mass is 16.4. The van der Waals surface area contributed by atoms with Gasteiger partial charge in [0, 0.05) is 12.1 Å². The van der Waals surface area contributed by atoms with Crippen LogP contribution in [-0.2, 0) is 4.79 Å². The number of carbonyl (C=O) groups is 2. The molecule has 1 saturated carbocycles. The quantitative estimate of drug-likeness (QED) is 0.701. The van der Waals surface area contributed by atoms with Crippen molar-refractivity contribution in [2.75, 3.05) is 6.54 Å². The number of carbonyl (C=O) groups excluding carboxylic acids is 1. The summed E-state index contributed by atoms with van der Waals surface area (Å²) < 4.78 is 0. The molecule has 116 valence electrons. The highest BCUT2D eigenvalue weighted by molar-refractivity contribution is 5.78. The third-order valence-corrected chi connectivity index (χ3v) is 4.18. The van der Waals surface area contributed by atoms with Gasteiger partial charge in [0.1, 0.15) is 0 Å². The van der Waals surface area contributed by atoms with E-state index in [9.17, 15) is 14.7 Å². The van der Waals surface area contributed by atoms with Gasteiger partial charge in [-0.05, 0) is 33.1 Å². The molecule has 1 fully saturated rings. The minimum atomic E-state index is -0.787. The SMILES string of the molecule is CCCC(C)(C)NC(=O)NCC1(C(=O)O)CCCCC1. The number of aliphatic carboxylic acids is 1. The second-order valence-corrected chi connectivity index (χ2v) is 6.59. The van der Waals surface area contributed by atoms with E-state index < -0.39 is 11.4 Å². The highest BCUT2D eigenvalue weighted by Crippen LogP contribution is 2.35. The average Bonchev–Trinajstić information content (AvgIpc) is 2.36. The molecule has 0 radical (unpaired) electrons. The van der Waals surface area contributed by atoms with Crippen LogP contribution in [0, 0.1) is 5.41 Å². The second kappa shape index (κ2) is 6.95. The second-order valence-electron chi connectivity index (χ2n) is 6.59. The summed E-state index contributed by atoms with van der Waals surface area (Å²) in [5, 5.41) is 15.1. The molecular weight excluding hydrogens is 256 g/mol. The molecule has 0 bridgehead atoms. The Bertz CT molecular complexity index is 347. The van der Waals surface area contributed by atoms with Crippen LogP contribution in [0.3, 0.4) is 0 Å². The molecular formula is C15H28N2O3. The minimum Gasteiger partial charge on any atom is -0.481 e. The third-order valence-electron chi connectivity index (χ3n) is 4.18. The lowest BCUT2D eigenvalue weighted by molar-refractivity contribution is -0.150. The molecule has 1 aliphatic carbocycles. The summed E-state index contributed by atoms with van der Waals surface area (Å²) in [5.74, 6) is -0.787. The predicted octanol–water partition coefficient (Wildman–Crippen LogP) is 2.90. The van der Waals surface area contributed by atoms with Crippen LogP contribution in [0.4, 0.5) is 4.79 Å². The molecule has 0 aromatic rings. The number of nitrogens with one attached hydrogen (secondary N) is 2. The Morgan fingerprint density at radius 2 is 1.80 bits per heavy atom. The monoisotopic (exact) mass is 284 g/mol. The van der Waals surface area contributed by atoms with Crippen molar-refractivity contribution in [2.24, 2.45) is 5.41 Å². The molecule has 5 heteroatoms. The van der Waals surface area contributed by atoms with Gasteiger partial charge in [-0.3, -0.25) is 4.79 Å². The topological polar surface area (TPSA) is 78.4 Å². The molecule has 2 amide bonds. The molecule has 0 aliphatic heterocycles. The number of hydrogen-bond acceptors (Lipinski definition) is 2. The van der Waals surface area contributed by atoms with Gasteiger partial charge in [0.25, 0.3) is 0 Å². The fraction of sp³-hybridized carbons (Fsp3) is 0.867. The molecule has 0 atom stereocenters. The Hall–Kier alpha value is -1.26. The lowest BCUT2D eigenvalue weighted by Gasteiger charge is -2.34. The smallest absolute Gasteiger partial charge is 0.315 e. The number of hydrogen-bond donors (Lipinski definition) is 3. The van der Waals surface area contributed by atoms with Gasteiger partial charge in [-0.2, -0.15) is 0 Å². The van der Waals surface area contributed by atoms with Crippen LogP contribution < -0.4 is 10.6 Å². The predicted molar refractivity (Wildman–Crippen MR) is 78.7 cm³/mol. The summed E-state index contributed by atoms with van der Waals surface area (Å²) in [6, 6.07) is -0.269. The average molecular weight is 284 g/mol. The molecule has 20 heavy (non-hydrogen) atoms. The van der Waals surface area contributed by atoms with E-state index in [1.54, 1.807) is 0 Å². The van der Waals surface area contributed by atoms with E-state index in [0.717, 1.165) is 32.1 Å². The van der Waals surface area contributed by atoms with Crippen molar-refractivity contribution in [1.82, 2.24) is 10.6 Å². The molecule has 1 aliphatic rings. The summed E-state index contributed by atoms with van der Waals surface area (Å²) in [5.41, 5.74) is -1.04. The van der Waals surface area contributed by atoms with E-state index >= 15 is 0 Å². The van der Waals surface area contributed by atoms with Crippen LogP contribution in [-0.4, -0.2) is 29.2 Å². The van der Waals surface area contributed by atoms with Crippen molar-refractivity contribution in [3.05, 3.63) is 0 Å². The van der Waals surface area contributed by atoms with Gasteiger partial charge in [-0.1, -0.05) is 32.6 Å². The Balaban J connectivity index is 2.51. The summed E-state index contributed by atoms with van der Waals surface area (Å²) in [4.78, 5) is 23.4. The Labute approximate surface area is 121 Å². The number of amides is 2.